The Kier molecular flexibility index (Phi) is 6.82. The number of nitrogens with zero attached hydrogens (tertiary/aromatic N) is 6. The van der Waals surface area contributed by atoms with Crippen LogP contribution in [0, 0.1) is 0 Å². The summed E-state index contributed by atoms with van der Waals surface area (Å²) >= 11 is 3.80. The van der Waals surface area contributed by atoms with Crippen molar-refractivity contribution in [3.8, 4) is 0 Å². The molecule has 1 saturated heterocycles. The Hall–Kier alpha value is -3.76. The van der Waals surface area contributed by atoms with E-state index in [-0.39, 0.29) is 28.5 Å². The van der Waals surface area contributed by atoms with Crippen LogP contribution < -0.4 is 11.1 Å². The topological polar surface area (TPSA) is 177 Å². The number of nitrogens with two attached hydrogens (primary N) is 1. The number of aliphatic carboxylic acids is 1. The van der Waals surface area contributed by atoms with Gasteiger partial charge in [0.25, 0.3) is 11.8 Å². The average molecular weight is 587 g/mol. The number of rotatable bonds is 8. The second kappa shape index (κ2) is 10.4. The van der Waals surface area contributed by atoms with Gasteiger partial charge >= 0.3 is 5.97 Å². The van der Waals surface area contributed by atoms with E-state index in [2.05, 4.69) is 24.8 Å². The van der Waals surface area contributed by atoms with Crippen LogP contribution in [0.2, 0.25) is 0 Å². The largest absolute Gasteiger partial charge is 0.477 e. The number of fused-ring (bicyclic) bond motifs is 2. The van der Waals surface area contributed by atoms with Gasteiger partial charge in [-0.2, -0.15) is 9.36 Å². The third-order valence-corrected chi connectivity index (χ3v) is 9.34. The molecular formula is C23H22N8O5S3. The fraction of sp³-hybridized carbons (Fsp3) is 0.348. The lowest BCUT2D eigenvalue weighted by Crippen LogP contribution is -2.71. The first-order chi connectivity index (χ1) is 18.9. The maximum Gasteiger partial charge on any atom is 0.352 e. The highest BCUT2D eigenvalue weighted by Gasteiger charge is 2.54. The maximum atomic E-state index is 13.2. The van der Waals surface area contributed by atoms with Crippen molar-refractivity contribution in [1.29, 1.82) is 0 Å². The Bertz CT molecular complexity index is 1550. The summed E-state index contributed by atoms with van der Waals surface area (Å²) in [4.78, 5) is 54.5. The lowest BCUT2D eigenvalue weighted by Gasteiger charge is -2.49. The molecule has 0 spiro atoms. The number of imidazole rings is 1. The van der Waals surface area contributed by atoms with Crippen LogP contribution in [0.15, 0.2) is 40.4 Å². The lowest BCUT2D eigenvalue weighted by atomic mass is 10.0. The summed E-state index contributed by atoms with van der Waals surface area (Å²) in [5.41, 5.74) is 6.76. The highest BCUT2D eigenvalue weighted by Crippen LogP contribution is 2.41. The molecule has 0 radical (unpaired) electrons. The van der Waals surface area contributed by atoms with Gasteiger partial charge in [-0.1, -0.05) is 11.2 Å². The van der Waals surface area contributed by atoms with Gasteiger partial charge in [0, 0.05) is 22.7 Å². The van der Waals surface area contributed by atoms with E-state index >= 15 is 0 Å². The fourth-order valence-electron chi connectivity index (χ4n) is 4.66. The van der Waals surface area contributed by atoms with Gasteiger partial charge in [0.15, 0.2) is 5.13 Å². The fourth-order valence-corrected chi connectivity index (χ4v) is 7.24. The summed E-state index contributed by atoms with van der Waals surface area (Å²) in [7, 11) is 0. The number of amides is 2. The Morgan fingerprint density at radius 2 is 2.10 bits per heavy atom. The van der Waals surface area contributed by atoms with E-state index in [1.165, 1.54) is 28.0 Å². The highest BCUT2D eigenvalue weighted by molar-refractivity contribution is 8.00. The van der Waals surface area contributed by atoms with Crippen LogP contribution in [0.4, 0.5) is 5.13 Å². The van der Waals surface area contributed by atoms with Gasteiger partial charge in [0.05, 0.1) is 11.9 Å². The zero-order valence-electron chi connectivity index (χ0n) is 20.2. The molecule has 4 N–H and O–H groups in total. The molecule has 3 aromatic rings. The Morgan fingerprint density at radius 1 is 1.28 bits per heavy atom. The van der Waals surface area contributed by atoms with Crippen LogP contribution in [0.25, 0.3) is 10.9 Å². The monoisotopic (exact) mass is 586 g/mol. The third-order valence-electron chi connectivity index (χ3n) is 6.59. The van der Waals surface area contributed by atoms with E-state index in [9.17, 15) is 19.5 Å². The van der Waals surface area contributed by atoms with E-state index in [1.54, 1.807) is 24.7 Å². The number of carboxylic acids is 1. The molecule has 2 atom stereocenters. The summed E-state index contributed by atoms with van der Waals surface area (Å²) < 4.78 is 5.96. The SMILES string of the molecule is Nc1nc(/C(=N/OC2CCCC2)C(=O)N[C@@H]2C(=O)N3C(C(=O)O)=C(/C=C/c4csc5cncn45)CS[C@H]23)ns1. The number of thioether (sulfide) groups is 1. The molecule has 0 unspecified atom stereocenters. The van der Waals surface area contributed by atoms with Crippen molar-refractivity contribution in [2.24, 2.45) is 5.16 Å². The first-order valence-corrected chi connectivity index (χ1v) is 14.7. The molecule has 2 aliphatic heterocycles. The third kappa shape index (κ3) is 4.79. The van der Waals surface area contributed by atoms with Crippen LogP contribution in [0.3, 0.4) is 0 Å². The number of hydrogen-bond donors (Lipinski definition) is 3. The second-order valence-electron chi connectivity index (χ2n) is 9.04. The van der Waals surface area contributed by atoms with Gasteiger partial charge in [-0.05, 0) is 37.3 Å². The number of β-lactam (4-membered cyclic amide) rings is 1. The molecule has 6 rings (SSSR count). The van der Waals surface area contributed by atoms with Gasteiger partial charge in [0.2, 0.25) is 11.5 Å². The Labute approximate surface area is 233 Å². The zero-order chi connectivity index (χ0) is 27.1. The van der Waals surface area contributed by atoms with Gasteiger partial charge in [0.1, 0.15) is 34.4 Å². The molecule has 1 aliphatic carbocycles. The van der Waals surface area contributed by atoms with E-state index < -0.39 is 29.2 Å². The van der Waals surface area contributed by atoms with Crippen molar-refractivity contribution in [2.75, 3.05) is 11.5 Å². The first kappa shape index (κ1) is 25.5. The number of oxime groups is 1. The Balaban J connectivity index is 1.20. The van der Waals surface area contributed by atoms with Crippen molar-refractivity contribution in [2.45, 2.75) is 43.2 Å². The molecule has 3 aliphatic rings. The summed E-state index contributed by atoms with van der Waals surface area (Å²) in [5, 5.41) is 18.2. The van der Waals surface area contributed by atoms with Crippen LogP contribution in [0.1, 0.15) is 37.2 Å². The van der Waals surface area contributed by atoms with Crippen molar-refractivity contribution in [3.05, 3.63) is 46.8 Å². The van der Waals surface area contributed by atoms with E-state index in [1.807, 2.05) is 9.78 Å². The van der Waals surface area contributed by atoms with Gasteiger partial charge < -0.3 is 21.0 Å². The molecule has 3 aromatic heterocycles. The minimum absolute atomic E-state index is 0.00639. The van der Waals surface area contributed by atoms with E-state index in [4.69, 9.17) is 10.6 Å². The molecule has 0 aromatic carbocycles. The Morgan fingerprint density at radius 3 is 2.85 bits per heavy atom. The number of carboxylic acid groups (broad SMARTS) is 1. The minimum Gasteiger partial charge on any atom is -0.477 e. The van der Waals surface area contributed by atoms with Gasteiger partial charge in [-0.15, -0.1) is 23.1 Å². The van der Waals surface area contributed by atoms with E-state index in [0.717, 1.165) is 47.7 Å². The zero-order valence-corrected chi connectivity index (χ0v) is 22.7. The van der Waals surface area contributed by atoms with Crippen LogP contribution in [0.5, 0.6) is 0 Å². The molecule has 202 valence electrons. The molecule has 2 amide bonds. The lowest BCUT2D eigenvalue weighted by molar-refractivity contribution is -0.150. The normalized spacial score (nSPS) is 22.0. The highest BCUT2D eigenvalue weighted by atomic mass is 32.2. The summed E-state index contributed by atoms with van der Waals surface area (Å²) in [6.45, 7) is 0. The number of nitrogens with one attached hydrogen (secondary N) is 1. The predicted molar refractivity (Wildman–Crippen MR) is 146 cm³/mol. The van der Waals surface area contributed by atoms with Crippen molar-refractivity contribution in [3.63, 3.8) is 0 Å². The molecule has 2 fully saturated rings. The number of nitrogen functional groups attached to an aromatic ring is 1. The summed E-state index contributed by atoms with van der Waals surface area (Å²) in [6.07, 6.45) is 10.5. The van der Waals surface area contributed by atoms with Crippen LogP contribution in [-0.2, 0) is 19.2 Å². The number of hydrogen-bond acceptors (Lipinski definition) is 12. The van der Waals surface area contributed by atoms with E-state index in [0.29, 0.717) is 11.3 Å². The molecule has 1 saturated carbocycles. The summed E-state index contributed by atoms with van der Waals surface area (Å²) in [5.74, 6) is -2.10. The number of anilines is 1. The molecule has 13 nitrogen and oxygen atoms in total. The number of thiazole rings is 1. The number of aromatic nitrogens is 4. The first-order valence-electron chi connectivity index (χ1n) is 12.0. The summed E-state index contributed by atoms with van der Waals surface area (Å²) in [6, 6.07) is -0.947. The predicted octanol–water partition coefficient (Wildman–Crippen LogP) is 1.94. The van der Waals surface area contributed by atoms with Crippen molar-refractivity contribution < 1.29 is 24.3 Å². The van der Waals surface area contributed by atoms with Gasteiger partial charge in [-0.25, -0.2) is 9.78 Å². The van der Waals surface area contributed by atoms with Crippen molar-refractivity contribution >= 4 is 74.2 Å². The number of carbonyl (C=O) groups excluding carboxylic acids is 2. The number of carbonyl (C=O) groups is 3. The van der Waals surface area contributed by atoms with Crippen LogP contribution >= 0.6 is 34.6 Å². The standard InChI is InChI=1S/C23H22N8O5S3/c24-23-27-18(29-39-23)15(28-36-13-3-1-2-4-13)19(32)26-16-20(33)31-17(22(34)35)11(8-38-21(16)31)5-6-12-9-37-14-7-25-10-30(12)14/h5-7,9-10,13,16,21H,1-4,8H2,(H,26,32)(H,34,35)(H2,24,27,29)/b6-5+,28-15-/t16-,21-/m1/s1. The molecular weight excluding hydrogens is 565 g/mol. The molecule has 5 heterocycles. The minimum atomic E-state index is -1.22. The van der Waals surface area contributed by atoms with Crippen LogP contribution in [-0.4, -0.2) is 75.5 Å². The van der Waals surface area contributed by atoms with Crippen molar-refractivity contribution in [1.82, 2.24) is 29.0 Å². The smallest absolute Gasteiger partial charge is 0.352 e. The molecule has 0 bridgehead atoms. The molecule has 16 heteroatoms. The second-order valence-corrected chi connectivity index (χ2v) is 11.8. The van der Waals surface area contributed by atoms with Gasteiger partial charge in [-0.3, -0.25) is 18.9 Å². The maximum absolute atomic E-state index is 13.2. The molecule has 39 heavy (non-hydrogen) atoms. The quantitative estimate of drug-likeness (QED) is 0.201. The number of allylic oxidation sites excluding steroid dienone is 1. The average Bonchev–Trinajstić information content (AvgIpc) is 3.72.